The van der Waals surface area contributed by atoms with Crippen LogP contribution in [0.4, 0.5) is 10.1 Å². The van der Waals surface area contributed by atoms with Crippen molar-refractivity contribution in [3.05, 3.63) is 58.3 Å². The molecular weight excluding hydrogens is 349 g/mol. The first kappa shape index (κ1) is 16.5. The minimum atomic E-state index is -0.701. The Hall–Kier alpha value is -1.88. The third-order valence-electron chi connectivity index (χ3n) is 3.20. The van der Waals surface area contributed by atoms with Crippen LogP contribution in [0.25, 0.3) is 0 Å². The van der Waals surface area contributed by atoms with E-state index in [1.54, 1.807) is 6.92 Å². The fraction of sp³-hybridized carbons (Fsp3) is 0.235. The van der Waals surface area contributed by atoms with Crippen LogP contribution in [-0.4, -0.2) is 12.0 Å². The Labute approximate surface area is 137 Å². The topological polar surface area (TPSA) is 38.3 Å². The summed E-state index contributed by atoms with van der Waals surface area (Å²) in [5.41, 5.74) is 1.92. The second-order valence-electron chi connectivity index (χ2n) is 4.87. The zero-order valence-electron chi connectivity index (χ0n) is 12.4. The molecule has 2 rings (SSSR count). The number of anilines is 1. The summed E-state index contributed by atoms with van der Waals surface area (Å²) in [5, 5.41) is 2.79. The Morgan fingerprint density at radius 2 is 1.95 bits per heavy atom. The summed E-state index contributed by atoms with van der Waals surface area (Å²) in [6.45, 7) is 3.72. The van der Waals surface area contributed by atoms with Gasteiger partial charge in [0.1, 0.15) is 11.6 Å². The molecule has 0 aromatic heterocycles. The molecule has 1 atom stereocenters. The van der Waals surface area contributed by atoms with Gasteiger partial charge < -0.3 is 10.1 Å². The molecule has 0 aliphatic rings. The van der Waals surface area contributed by atoms with Gasteiger partial charge in [-0.15, -0.1) is 0 Å². The molecule has 2 aromatic carbocycles. The molecule has 0 fully saturated rings. The van der Waals surface area contributed by atoms with Crippen molar-refractivity contribution < 1.29 is 13.9 Å². The Bertz CT molecular complexity index is 658. The summed E-state index contributed by atoms with van der Waals surface area (Å²) < 4.78 is 19.1. The molecule has 0 aliphatic carbocycles. The van der Waals surface area contributed by atoms with Gasteiger partial charge in [-0.2, -0.15) is 0 Å². The smallest absolute Gasteiger partial charge is 0.265 e. The first-order valence-corrected chi connectivity index (χ1v) is 7.80. The molecule has 1 unspecified atom stereocenters. The van der Waals surface area contributed by atoms with E-state index in [1.165, 1.54) is 23.8 Å². The molecule has 0 aliphatic heterocycles. The molecule has 0 heterocycles. The highest BCUT2D eigenvalue weighted by Gasteiger charge is 2.16. The second kappa shape index (κ2) is 7.40. The van der Waals surface area contributed by atoms with Crippen molar-refractivity contribution >= 4 is 27.5 Å². The largest absolute Gasteiger partial charge is 0.480 e. The number of benzene rings is 2. The third kappa shape index (κ3) is 4.31. The SMILES string of the molecule is CCc1ccc(NC(=O)C(C)Oc2ccc(F)cc2Br)cc1. The Kier molecular flexibility index (Phi) is 5.55. The molecule has 3 nitrogen and oxygen atoms in total. The summed E-state index contributed by atoms with van der Waals surface area (Å²) in [6, 6.07) is 11.7. The first-order chi connectivity index (χ1) is 10.5. The zero-order valence-corrected chi connectivity index (χ0v) is 14.0. The average Bonchev–Trinajstić information content (AvgIpc) is 2.50. The zero-order chi connectivity index (χ0) is 16.1. The number of hydrogen-bond donors (Lipinski definition) is 1. The molecule has 1 amide bonds. The molecule has 0 bridgehead atoms. The van der Waals surface area contributed by atoms with Gasteiger partial charge in [0.25, 0.3) is 5.91 Å². The monoisotopic (exact) mass is 365 g/mol. The maximum atomic E-state index is 13.0. The van der Waals surface area contributed by atoms with Crippen molar-refractivity contribution in [3.8, 4) is 5.75 Å². The molecule has 0 radical (unpaired) electrons. The van der Waals surface area contributed by atoms with Crippen LogP contribution in [0.5, 0.6) is 5.75 Å². The molecule has 0 saturated carbocycles. The molecule has 0 saturated heterocycles. The van der Waals surface area contributed by atoms with Gasteiger partial charge in [-0.25, -0.2) is 4.39 Å². The van der Waals surface area contributed by atoms with Gasteiger partial charge in [-0.1, -0.05) is 19.1 Å². The van der Waals surface area contributed by atoms with Gasteiger partial charge in [0.2, 0.25) is 0 Å². The van der Waals surface area contributed by atoms with E-state index >= 15 is 0 Å². The van der Waals surface area contributed by atoms with Gasteiger partial charge in [-0.05, 0) is 65.2 Å². The number of halogens is 2. The number of rotatable bonds is 5. The number of nitrogens with one attached hydrogen (secondary N) is 1. The van der Waals surface area contributed by atoms with E-state index in [0.717, 1.165) is 12.1 Å². The van der Waals surface area contributed by atoms with Crippen LogP contribution in [0.3, 0.4) is 0 Å². The first-order valence-electron chi connectivity index (χ1n) is 7.01. The van der Waals surface area contributed by atoms with Crippen molar-refractivity contribution in [2.24, 2.45) is 0 Å². The van der Waals surface area contributed by atoms with E-state index in [-0.39, 0.29) is 11.7 Å². The fourth-order valence-electron chi connectivity index (χ4n) is 1.88. The van der Waals surface area contributed by atoms with Gasteiger partial charge in [0, 0.05) is 5.69 Å². The Morgan fingerprint density at radius 1 is 1.27 bits per heavy atom. The highest BCUT2D eigenvalue weighted by Crippen LogP contribution is 2.26. The van der Waals surface area contributed by atoms with Crippen molar-refractivity contribution in [2.45, 2.75) is 26.4 Å². The standard InChI is InChI=1S/C17H17BrFNO2/c1-3-12-4-7-14(8-5-12)20-17(21)11(2)22-16-9-6-13(19)10-15(16)18/h4-11H,3H2,1-2H3,(H,20,21). The van der Waals surface area contributed by atoms with Crippen molar-refractivity contribution in [1.29, 1.82) is 0 Å². The van der Waals surface area contributed by atoms with E-state index < -0.39 is 6.10 Å². The average molecular weight is 366 g/mol. The summed E-state index contributed by atoms with van der Waals surface area (Å²) in [6.07, 6.45) is 0.249. The molecule has 0 spiro atoms. The van der Waals surface area contributed by atoms with Gasteiger partial charge in [0.05, 0.1) is 4.47 Å². The minimum absolute atomic E-state index is 0.263. The maximum absolute atomic E-state index is 13.0. The van der Waals surface area contributed by atoms with E-state index in [0.29, 0.717) is 10.2 Å². The van der Waals surface area contributed by atoms with Gasteiger partial charge in [0.15, 0.2) is 6.10 Å². The van der Waals surface area contributed by atoms with E-state index in [9.17, 15) is 9.18 Å². The number of aryl methyl sites for hydroxylation is 1. The predicted octanol–water partition coefficient (Wildman–Crippen LogP) is 4.56. The molecule has 22 heavy (non-hydrogen) atoms. The highest BCUT2D eigenvalue weighted by atomic mass is 79.9. The maximum Gasteiger partial charge on any atom is 0.265 e. The number of ether oxygens (including phenoxy) is 1. The van der Waals surface area contributed by atoms with E-state index in [4.69, 9.17) is 4.74 Å². The lowest BCUT2D eigenvalue weighted by Gasteiger charge is -2.16. The van der Waals surface area contributed by atoms with Gasteiger partial charge in [-0.3, -0.25) is 4.79 Å². The van der Waals surface area contributed by atoms with Crippen molar-refractivity contribution in [2.75, 3.05) is 5.32 Å². The molecule has 5 heteroatoms. The summed E-state index contributed by atoms with van der Waals surface area (Å²) in [7, 11) is 0. The molecule has 116 valence electrons. The summed E-state index contributed by atoms with van der Waals surface area (Å²) >= 11 is 3.21. The van der Waals surface area contributed by atoms with E-state index in [2.05, 4.69) is 28.2 Å². The Balaban J connectivity index is 1.99. The van der Waals surface area contributed by atoms with Crippen LogP contribution in [-0.2, 0) is 11.2 Å². The van der Waals surface area contributed by atoms with Crippen molar-refractivity contribution in [1.82, 2.24) is 0 Å². The normalized spacial score (nSPS) is 11.8. The van der Waals surface area contributed by atoms with Crippen LogP contribution in [0, 0.1) is 5.82 Å². The van der Waals surface area contributed by atoms with Crippen LogP contribution in [0.1, 0.15) is 19.4 Å². The number of carbonyl (C=O) groups is 1. The minimum Gasteiger partial charge on any atom is -0.480 e. The number of carbonyl (C=O) groups excluding carboxylic acids is 1. The lowest BCUT2D eigenvalue weighted by Crippen LogP contribution is -2.30. The fourth-order valence-corrected chi connectivity index (χ4v) is 2.33. The predicted molar refractivity (Wildman–Crippen MR) is 88.6 cm³/mol. The summed E-state index contributed by atoms with van der Waals surface area (Å²) in [4.78, 5) is 12.1. The van der Waals surface area contributed by atoms with Crippen LogP contribution < -0.4 is 10.1 Å². The molecule has 1 N–H and O–H groups in total. The lowest BCUT2D eigenvalue weighted by molar-refractivity contribution is -0.122. The number of hydrogen-bond acceptors (Lipinski definition) is 2. The third-order valence-corrected chi connectivity index (χ3v) is 3.82. The van der Waals surface area contributed by atoms with Crippen LogP contribution in [0.15, 0.2) is 46.9 Å². The summed E-state index contributed by atoms with van der Waals surface area (Å²) in [5.74, 6) is -0.210. The van der Waals surface area contributed by atoms with Crippen molar-refractivity contribution in [3.63, 3.8) is 0 Å². The highest BCUT2D eigenvalue weighted by molar-refractivity contribution is 9.10. The second-order valence-corrected chi connectivity index (χ2v) is 5.73. The van der Waals surface area contributed by atoms with E-state index in [1.807, 2.05) is 24.3 Å². The molecule has 2 aromatic rings. The quantitative estimate of drug-likeness (QED) is 0.843. The van der Waals surface area contributed by atoms with Gasteiger partial charge >= 0.3 is 0 Å². The van der Waals surface area contributed by atoms with Crippen LogP contribution >= 0.6 is 15.9 Å². The Morgan fingerprint density at radius 3 is 2.55 bits per heavy atom. The van der Waals surface area contributed by atoms with Crippen LogP contribution in [0.2, 0.25) is 0 Å². The number of amides is 1. The lowest BCUT2D eigenvalue weighted by atomic mass is 10.1. The molecular formula is C17H17BrFNO2.